The smallest absolute Gasteiger partial charge is 0.306 e. The third-order valence-corrected chi connectivity index (χ3v) is 9.81. The molecule has 32 heavy (non-hydrogen) atoms. The number of aliphatic hydroxyl groups excluding tert-OH is 1. The number of carbonyl (C=O) groups excluding carboxylic acids is 3. The van der Waals surface area contributed by atoms with Crippen molar-refractivity contribution in [2.45, 2.75) is 70.5 Å². The lowest BCUT2D eigenvalue weighted by Crippen LogP contribution is -2.65. The Morgan fingerprint density at radius 1 is 1.31 bits per heavy atom. The summed E-state index contributed by atoms with van der Waals surface area (Å²) < 4.78 is 6.00. The van der Waals surface area contributed by atoms with Gasteiger partial charge in [0.2, 0.25) is 0 Å². The lowest BCUT2D eigenvalue weighted by Gasteiger charge is -2.61. The molecule has 5 nitrogen and oxygen atoms in total. The molecular formula is C25H32Cl2O5. The van der Waals surface area contributed by atoms with E-state index in [9.17, 15) is 19.5 Å². The van der Waals surface area contributed by atoms with Crippen LogP contribution in [0.1, 0.15) is 53.4 Å². The quantitative estimate of drug-likeness (QED) is 0.478. The van der Waals surface area contributed by atoms with Crippen molar-refractivity contribution in [3.05, 3.63) is 23.8 Å². The molecule has 3 saturated carbocycles. The third kappa shape index (κ3) is 3.03. The van der Waals surface area contributed by atoms with E-state index in [2.05, 4.69) is 6.92 Å². The normalized spacial score (nSPS) is 47.2. The van der Waals surface area contributed by atoms with Gasteiger partial charge in [-0.15, -0.1) is 23.2 Å². The van der Waals surface area contributed by atoms with Gasteiger partial charge in [-0.2, -0.15) is 0 Å². The van der Waals surface area contributed by atoms with Crippen LogP contribution in [0.15, 0.2) is 23.8 Å². The first kappa shape index (κ1) is 24.0. The zero-order chi connectivity index (χ0) is 23.6. The molecule has 1 N–H and O–H groups in total. The number of Topliss-reactive ketones (excluding diaryl/α,β-unsaturated/α-hetero) is 1. The second-order valence-corrected chi connectivity index (χ2v) is 11.4. The second-order valence-electron chi connectivity index (χ2n) is 10.6. The van der Waals surface area contributed by atoms with Crippen LogP contribution >= 0.6 is 23.2 Å². The van der Waals surface area contributed by atoms with E-state index in [0.717, 1.165) is 5.57 Å². The van der Waals surface area contributed by atoms with Gasteiger partial charge in [0.15, 0.2) is 17.2 Å². The largest absolute Gasteiger partial charge is 0.450 e. The van der Waals surface area contributed by atoms with Gasteiger partial charge >= 0.3 is 5.97 Å². The lowest BCUT2D eigenvalue weighted by molar-refractivity contribution is -0.202. The fraction of sp³-hybridized carbons (Fsp3) is 0.720. The first-order valence-electron chi connectivity index (χ1n) is 11.5. The number of hydrogen-bond donors (Lipinski definition) is 1. The molecule has 3 fully saturated rings. The molecule has 4 aliphatic rings. The molecule has 0 aromatic carbocycles. The Morgan fingerprint density at radius 3 is 2.62 bits per heavy atom. The molecule has 0 saturated heterocycles. The first-order chi connectivity index (χ1) is 15.0. The SMILES string of the molecule is CCC(=O)O[C@]1(C(=O)CCl)C(C)C[C@H]2[C@@H]3C(Cl)CC4=CC(=O)C=C[C@]4(C)[C@H]3C(O)C[C@@]21C. The van der Waals surface area contributed by atoms with E-state index in [1.165, 1.54) is 0 Å². The Labute approximate surface area is 199 Å². The van der Waals surface area contributed by atoms with Gasteiger partial charge in [-0.1, -0.05) is 39.3 Å². The van der Waals surface area contributed by atoms with Gasteiger partial charge in [-0.3, -0.25) is 14.4 Å². The summed E-state index contributed by atoms with van der Waals surface area (Å²) in [5, 5.41) is 11.3. The molecule has 0 aliphatic heterocycles. The van der Waals surface area contributed by atoms with Crippen LogP contribution in [0.5, 0.6) is 0 Å². The highest BCUT2D eigenvalue weighted by Gasteiger charge is 2.73. The third-order valence-electron chi connectivity index (χ3n) is 9.12. The zero-order valence-corrected chi connectivity index (χ0v) is 20.6. The Kier molecular flexibility index (Phi) is 5.96. The van der Waals surface area contributed by atoms with Gasteiger partial charge in [0, 0.05) is 34.5 Å². The van der Waals surface area contributed by atoms with Crippen LogP contribution in [0, 0.1) is 34.5 Å². The Hall–Kier alpha value is -1.17. The number of aliphatic hydroxyl groups is 1. The highest BCUT2D eigenvalue weighted by molar-refractivity contribution is 6.29. The average Bonchev–Trinajstić information content (AvgIpc) is 2.95. The van der Waals surface area contributed by atoms with Gasteiger partial charge in [0.25, 0.3) is 0 Å². The Bertz CT molecular complexity index is 912. The summed E-state index contributed by atoms with van der Waals surface area (Å²) in [4.78, 5) is 37.9. The van der Waals surface area contributed by atoms with E-state index in [0.29, 0.717) is 19.3 Å². The van der Waals surface area contributed by atoms with Gasteiger partial charge in [0.05, 0.1) is 12.0 Å². The Morgan fingerprint density at radius 2 is 2.00 bits per heavy atom. The van der Waals surface area contributed by atoms with Gasteiger partial charge in [-0.05, 0) is 43.3 Å². The summed E-state index contributed by atoms with van der Waals surface area (Å²) >= 11 is 13.1. The van der Waals surface area contributed by atoms with Crippen molar-refractivity contribution in [2.75, 3.05) is 5.88 Å². The maximum absolute atomic E-state index is 13.4. The fourth-order valence-electron chi connectivity index (χ4n) is 7.78. The monoisotopic (exact) mass is 482 g/mol. The summed E-state index contributed by atoms with van der Waals surface area (Å²) in [6, 6.07) is 0. The highest BCUT2D eigenvalue weighted by Crippen LogP contribution is 2.69. The standard InChI is InChI=1S/C25H32Cl2O5/c1-5-20(31)32-25(19(30)12-26)13(2)8-16-21-17(27)10-14-9-15(28)6-7-23(14,3)22(21)18(29)11-24(16,25)4/h6-7,9,13,16-18,21-22,29H,5,8,10-12H2,1-4H3/t13?,16-,17?,18?,21+,22-,23-,24-,25-/m0/s1. The number of esters is 1. The van der Waals surface area contributed by atoms with E-state index in [1.807, 2.05) is 19.9 Å². The summed E-state index contributed by atoms with van der Waals surface area (Å²) in [6.45, 7) is 7.68. The minimum Gasteiger partial charge on any atom is -0.450 e. The number of ether oxygens (including phenoxy) is 1. The molecule has 3 unspecified atom stereocenters. The van der Waals surface area contributed by atoms with Crippen molar-refractivity contribution in [1.82, 2.24) is 0 Å². The number of rotatable bonds is 4. The van der Waals surface area contributed by atoms with E-state index in [1.54, 1.807) is 19.1 Å². The van der Waals surface area contributed by atoms with Crippen LogP contribution in [-0.2, 0) is 19.1 Å². The van der Waals surface area contributed by atoms with Crippen molar-refractivity contribution in [2.24, 2.45) is 34.5 Å². The number of halogens is 2. The molecule has 4 aliphatic carbocycles. The molecular weight excluding hydrogens is 451 g/mol. The molecule has 0 amide bonds. The highest BCUT2D eigenvalue weighted by atomic mass is 35.5. The van der Waals surface area contributed by atoms with Crippen LogP contribution < -0.4 is 0 Å². The van der Waals surface area contributed by atoms with Crippen LogP contribution in [0.4, 0.5) is 0 Å². The van der Waals surface area contributed by atoms with Crippen LogP contribution in [0.2, 0.25) is 0 Å². The molecule has 9 atom stereocenters. The Balaban J connectivity index is 1.84. The fourth-order valence-corrected chi connectivity index (χ4v) is 8.48. The van der Waals surface area contributed by atoms with Gasteiger partial charge in [-0.25, -0.2) is 0 Å². The number of ketones is 2. The van der Waals surface area contributed by atoms with E-state index in [4.69, 9.17) is 27.9 Å². The van der Waals surface area contributed by atoms with Crippen LogP contribution in [-0.4, -0.2) is 45.6 Å². The topological polar surface area (TPSA) is 80.7 Å². The molecule has 0 aromatic rings. The van der Waals surface area contributed by atoms with Crippen LogP contribution in [0.25, 0.3) is 0 Å². The molecule has 0 spiro atoms. The first-order valence-corrected chi connectivity index (χ1v) is 12.5. The van der Waals surface area contributed by atoms with Crippen molar-refractivity contribution in [3.8, 4) is 0 Å². The maximum Gasteiger partial charge on any atom is 0.306 e. The molecule has 0 bridgehead atoms. The molecule has 176 valence electrons. The zero-order valence-electron chi connectivity index (χ0n) is 19.1. The summed E-state index contributed by atoms with van der Waals surface area (Å²) in [6.07, 6.45) is 6.05. The van der Waals surface area contributed by atoms with E-state index in [-0.39, 0.29) is 52.9 Å². The van der Waals surface area contributed by atoms with E-state index < -0.39 is 28.5 Å². The van der Waals surface area contributed by atoms with E-state index >= 15 is 0 Å². The number of fused-ring (bicyclic) bond motifs is 5. The predicted octanol–water partition coefficient (Wildman–Crippen LogP) is 4.23. The summed E-state index contributed by atoms with van der Waals surface area (Å²) in [7, 11) is 0. The average molecular weight is 483 g/mol. The van der Waals surface area contributed by atoms with Crippen LogP contribution in [0.3, 0.4) is 0 Å². The van der Waals surface area contributed by atoms with Crippen molar-refractivity contribution in [3.63, 3.8) is 0 Å². The minimum atomic E-state index is -1.38. The minimum absolute atomic E-state index is 0.0328. The molecule has 4 rings (SSSR count). The molecule has 0 heterocycles. The molecule has 0 aromatic heterocycles. The number of carbonyl (C=O) groups is 3. The van der Waals surface area contributed by atoms with Crippen molar-refractivity contribution >= 4 is 40.7 Å². The van der Waals surface area contributed by atoms with Gasteiger partial charge < -0.3 is 9.84 Å². The second kappa shape index (κ2) is 7.95. The van der Waals surface area contributed by atoms with Crippen molar-refractivity contribution < 1.29 is 24.2 Å². The van der Waals surface area contributed by atoms with Crippen molar-refractivity contribution in [1.29, 1.82) is 0 Å². The maximum atomic E-state index is 13.4. The molecule has 0 radical (unpaired) electrons. The number of allylic oxidation sites excluding steroid dienone is 4. The number of hydrogen-bond acceptors (Lipinski definition) is 5. The summed E-state index contributed by atoms with van der Waals surface area (Å²) in [5.41, 5.74) is -1.69. The lowest BCUT2D eigenvalue weighted by atomic mass is 9.46. The number of alkyl halides is 2. The summed E-state index contributed by atoms with van der Waals surface area (Å²) in [5.74, 6) is -1.62. The van der Waals surface area contributed by atoms with Gasteiger partial charge in [0.1, 0.15) is 0 Å². The predicted molar refractivity (Wildman–Crippen MR) is 122 cm³/mol. The molecule has 7 heteroatoms.